The highest BCUT2D eigenvalue weighted by atomic mass is 16.6. The van der Waals surface area contributed by atoms with Gasteiger partial charge in [-0.05, 0) is 33.3 Å². The van der Waals surface area contributed by atoms with Gasteiger partial charge in [0.05, 0.1) is 18.3 Å². The lowest BCUT2D eigenvalue weighted by Crippen LogP contribution is -2.40. The smallest absolute Gasteiger partial charge is 0.335 e. The SMILES string of the molecule is CC(OC(C)(C)C)C(OCc1ccccc1)C(=O)O.NC=O. The van der Waals surface area contributed by atoms with Gasteiger partial charge in [0.1, 0.15) is 0 Å². The van der Waals surface area contributed by atoms with E-state index in [0.29, 0.717) is 0 Å². The number of primary amides is 1. The molecular weight excluding hydrogens is 286 g/mol. The average Bonchev–Trinajstić information content (AvgIpc) is 2.38. The van der Waals surface area contributed by atoms with Gasteiger partial charge in [0.25, 0.3) is 0 Å². The number of amides is 1. The molecule has 22 heavy (non-hydrogen) atoms. The van der Waals surface area contributed by atoms with E-state index in [4.69, 9.17) is 14.3 Å². The average molecular weight is 311 g/mol. The molecule has 1 aromatic carbocycles. The number of aliphatic carboxylic acids is 1. The van der Waals surface area contributed by atoms with Gasteiger partial charge in [0.15, 0.2) is 6.10 Å². The minimum atomic E-state index is -1.01. The highest BCUT2D eigenvalue weighted by molar-refractivity contribution is 5.73. The van der Waals surface area contributed by atoms with E-state index >= 15 is 0 Å². The molecule has 1 rings (SSSR count). The van der Waals surface area contributed by atoms with Crippen molar-refractivity contribution in [2.24, 2.45) is 5.73 Å². The molecule has 0 aromatic heterocycles. The first-order valence-electron chi connectivity index (χ1n) is 6.92. The van der Waals surface area contributed by atoms with E-state index < -0.39 is 23.8 Å². The lowest BCUT2D eigenvalue weighted by Gasteiger charge is -2.28. The number of hydrogen-bond acceptors (Lipinski definition) is 4. The van der Waals surface area contributed by atoms with Crippen LogP contribution in [-0.4, -0.2) is 35.3 Å². The molecule has 0 fully saturated rings. The van der Waals surface area contributed by atoms with E-state index in [9.17, 15) is 9.90 Å². The zero-order valence-electron chi connectivity index (χ0n) is 13.5. The lowest BCUT2D eigenvalue weighted by molar-refractivity contribution is -0.171. The maximum Gasteiger partial charge on any atom is 0.335 e. The molecule has 0 aliphatic carbocycles. The fraction of sp³-hybridized carbons (Fsp3) is 0.500. The van der Waals surface area contributed by atoms with Crippen LogP contribution in [0.25, 0.3) is 0 Å². The van der Waals surface area contributed by atoms with Gasteiger partial charge < -0.3 is 20.3 Å². The summed E-state index contributed by atoms with van der Waals surface area (Å²) < 4.78 is 11.1. The predicted molar refractivity (Wildman–Crippen MR) is 83.2 cm³/mol. The second kappa shape index (κ2) is 9.92. The number of benzene rings is 1. The number of hydrogen-bond donors (Lipinski definition) is 2. The van der Waals surface area contributed by atoms with Crippen molar-refractivity contribution in [3.63, 3.8) is 0 Å². The first kappa shape index (κ1) is 20.1. The van der Waals surface area contributed by atoms with Crippen molar-refractivity contribution >= 4 is 12.4 Å². The summed E-state index contributed by atoms with van der Waals surface area (Å²) in [6, 6.07) is 9.49. The van der Waals surface area contributed by atoms with Crippen LogP contribution in [-0.2, 0) is 25.7 Å². The molecule has 2 unspecified atom stereocenters. The molecule has 0 radical (unpaired) electrons. The Labute approximate surface area is 131 Å². The van der Waals surface area contributed by atoms with E-state index in [-0.39, 0.29) is 13.0 Å². The molecular formula is C16H25NO5. The van der Waals surface area contributed by atoms with E-state index in [1.54, 1.807) is 6.92 Å². The fourth-order valence-electron chi connectivity index (χ4n) is 1.79. The number of ether oxygens (including phenoxy) is 2. The van der Waals surface area contributed by atoms with Gasteiger partial charge in [-0.1, -0.05) is 30.3 Å². The summed E-state index contributed by atoms with van der Waals surface area (Å²) in [5.41, 5.74) is 4.71. The highest BCUT2D eigenvalue weighted by Gasteiger charge is 2.29. The van der Waals surface area contributed by atoms with Gasteiger partial charge in [-0.15, -0.1) is 0 Å². The molecule has 124 valence electrons. The van der Waals surface area contributed by atoms with Crippen LogP contribution < -0.4 is 5.73 Å². The third-order valence-corrected chi connectivity index (χ3v) is 2.48. The van der Waals surface area contributed by atoms with Gasteiger partial charge in [0.2, 0.25) is 6.41 Å². The summed E-state index contributed by atoms with van der Waals surface area (Å²) in [7, 11) is 0. The summed E-state index contributed by atoms with van der Waals surface area (Å²) in [6.45, 7) is 7.64. The summed E-state index contributed by atoms with van der Waals surface area (Å²) in [5, 5.41) is 9.21. The Morgan fingerprint density at radius 2 is 1.82 bits per heavy atom. The van der Waals surface area contributed by atoms with Gasteiger partial charge in [-0.25, -0.2) is 4.79 Å². The molecule has 0 saturated heterocycles. The molecule has 0 aliphatic heterocycles. The summed E-state index contributed by atoms with van der Waals surface area (Å²) in [4.78, 5) is 19.8. The third-order valence-electron chi connectivity index (χ3n) is 2.48. The number of rotatable bonds is 6. The second-order valence-electron chi connectivity index (χ2n) is 5.63. The topological polar surface area (TPSA) is 98.8 Å². The Morgan fingerprint density at radius 3 is 2.23 bits per heavy atom. The van der Waals surface area contributed by atoms with Crippen molar-refractivity contribution in [3.05, 3.63) is 35.9 Å². The molecule has 6 nitrogen and oxygen atoms in total. The van der Waals surface area contributed by atoms with Crippen molar-refractivity contribution in [2.75, 3.05) is 0 Å². The normalized spacial score (nSPS) is 13.5. The van der Waals surface area contributed by atoms with E-state index in [0.717, 1.165) is 5.56 Å². The minimum Gasteiger partial charge on any atom is -0.479 e. The Hall–Kier alpha value is -1.92. The number of carbonyl (C=O) groups is 2. The van der Waals surface area contributed by atoms with Crippen LogP contribution in [0.15, 0.2) is 30.3 Å². The maximum atomic E-state index is 11.2. The number of carbonyl (C=O) groups excluding carboxylic acids is 1. The summed E-state index contributed by atoms with van der Waals surface area (Å²) in [5.74, 6) is -1.01. The van der Waals surface area contributed by atoms with Crippen LogP contribution in [0.4, 0.5) is 0 Å². The van der Waals surface area contributed by atoms with Crippen molar-refractivity contribution in [1.29, 1.82) is 0 Å². The highest BCUT2D eigenvalue weighted by Crippen LogP contribution is 2.16. The second-order valence-corrected chi connectivity index (χ2v) is 5.63. The summed E-state index contributed by atoms with van der Waals surface area (Å²) in [6.07, 6.45) is -1.24. The van der Waals surface area contributed by atoms with Crippen LogP contribution in [0.3, 0.4) is 0 Å². The molecule has 2 atom stereocenters. The molecule has 0 saturated carbocycles. The zero-order valence-corrected chi connectivity index (χ0v) is 13.5. The monoisotopic (exact) mass is 311 g/mol. The molecule has 0 bridgehead atoms. The number of nitrogens with two attached hydrogens (primary N) is 1. The van der Waals surface area contributed by atoms with E-state index in [1.165, 1.54) is 0 Å². The van der Waals surface area contributed by atoms with Crippen LogP contribution in [0, 0.1) is 0 Å². The molecule has 1 aromatic rings. The molecule has 1 amide bonds. The number of carboxylic acids is 1. The Morgan fingerprint density at radius 1 is 1.32 bits per heavy atom. The molecule has 0 spiro atoms. The van der Waals surface area contributed by atoms with Crippen molar-refractivity contribution < 1.29 is 24.2 Å². The van der Waals surface area contributed by atoms with Crippen molar-refractivity contribution in [1.82, 2.24) is 0 Å². The van der Waals surface area contributed by atoms with Crippen LogP contribution in [0.2, 0.25) is 0 Å². The quantitative estimate of drug-likeness (QED) is 0.782. The minimum absolute atomic E-state index is 0.250. The molecule has 3 N–H and O–H groups in total. The number of carboxylic acid groups (broad SMARTS) is 1. The Kier molecular flexibility index (Phi) is 9.05. The first-order chi connectivity index (χ1) is 10.2. The fourth-order valence-corrected chi connectivity index (χ4v) is 1.79. The molecule has 6 heteroatoms. The van der Waals surface area contributed by atoms with E-state index in [1.807, 2.05) is 51.1 Å². The molecule has 0 aliphatic rings. The maximum absolute atomic E-state index is 11.2. The van der Waals surface area contributed by atoms with Gasteiger partial charge in [-0.3, -0.25) is 4.79 Å². The van der Waals surface area contributed by atoms with Gasteiger partial charge in [-0.2, -0.15) is 0 Å². The van der Waals surface area contributed by atoms with E-state index in [2.05, 4.69) is 5.73 Å². The zero-order chi connectivity index (χ0) is 17.2. The van der Waals surface area contributed by atoms with Gasteiger partial charge in [0, 0.05) is 0 Å². The standard InChI is InChI=1S/C15H22O4.CH3NO/c1-11(19-15(2,3)4)13(14(16)17)18-10-12-8-6-5-7-9-12;2-1-3/h5-9,11,13H,10H2,1-4H3,(H,16,17);1H,(H2,2,3). The van der Waals surface area contributed by atoms with Crippen molar-refractivity contribution in [2.45, 2.75) is 52.1 Å². The summed E-state index contributed by atoms with van der Waals surface area (Å²) >= 11 is 0. The van der Waals surface area contributed by atoms with Gasteiger partial charge >= 0.3 is 5.97 Å². The predicted octanol–water partition coefficient (Wildman–Crippen LogP) is 1.96. The van der Waals surface area contributed by atoms with Crippen molar-refractivity contribution in [3.8, 4) is 0 Å². The Bertz CT molecular complexity index is 442. The van der Waals surface area contributed by atoms with Crippen LogP contribution >= 0.6 is 0 Å². The van der Waals surface area contributed by atoms with Crippen LogP contribution in [0.5, 0.6) is 0 Å². The largest absolute Gasteiger partial charge is 0.479 e. The Balaban J connectivity index is 0.00000135. The molecule has 0 heterocycles. The third kappa shape index (κ3) is 9.10. The lowest BCUT2D eigenvalue weighted by atomic mass is 10.1. The van der Waals surface area contributed by atoms with Crippen LogP contribution in [0.1, 0.15) is 33.3 Å². The first-order valence-corrected chi connectivity index (χ1v) is 6.92.